The van der Waals surface area contributed by atoms with Gasteiger partial charge in [0, 0.05) is 33.5 Å². The minimum atomic E-state index is 1.14. The third kappa shape index (κ3) is 7.83. The molecule has 0 radical (unpaired) electrons. The second kappa shape index (κ2) is 19.1. The average molecular weight is 967 g/mol. The SMILES string of the molecule is c1ccc(N(c2ccccc2)c2ccc3ccc4c(N(c5ccccc5)c5ccccc5)ccc5ccc2c3c54)cc1.c1ccc2cc(-c3c4ccccc4c(-c4ccc5ccccc5c4)c4ccccc34)ccc2c1. The molecule has 0 amide bonds. The third-order valence-corrected chi connectivity index (χ3v) is 15.2. The molecule has 2 nitrogen and oxygen atoms in total. The Morgan fingerprint density at radius 3 is 0.803 bits per heavy atom. The van der Waals surface area contributed by atoms with Crippen molar-refractivity contribution >= 4 is 110 Å². The zero-order valence-corrected chi connectivity index (χ0v) is 41.8. The van der Waals surface area contributed by atoms with E-state index in [4.69, 9.17) is 0 Å². The van der Waals surface area contributed by atoms with E-state index in [9.17, 15) is 0 Å². The summed E-state index contributed by atoms with van der Waals surface area (Å²) in [4.78, 5) is 4.74. The lowest BCUT2D eigenvalue weighted by Gasteiger charge is -2.29. The first kappa shape index (κ1) is 44.7. The van der Waals surface area contributed by atoms with Crippen molar-refractivity contribution in [3.8, 4) is 22.3 Å². The minimum Gasteiger partial charge on any atom is -0.310 e. The first-order chi connectivity index (χ1) is 37.7. The molecule has 15 aromatic carbocycles. The fraction of sp³-hybridized carbons (Fsp3) is 0. The van der Waals surface area contributed by atoms with Gasteiger partial charge in [-0.15, -0.1) is 0 Å². The summed E-state index contributed by atoms with van der Waals surface area (Å²) in [7, 11) is 0. The Bertz CT molecular complexity index is 4140. The lowest BCUT2D eigenvalue weighted by atomic mass is 9.85. The number of fused-ring (bicyclic) bond motifs is 4. The molecule has 76 heavy (non-hydrogen) atoms. The zero-order chi connectivity index (χ0) is 50.4. The molecule has 0 aliphatic heterocycles. The molecule has 0 saturated carbocycles. The van der Waals surface area contributed by atoms with Crippen molar-refractivity contribution in [2.45, 2.75) is 0 Å². The molecule has 0 aromatic heterocycles. The van der Waals surface area contributed by atoms with Gasteiger partial charge in [-0.3, -0.25) is 0 Å². The fourth-order valence-electron chi connectivity index (χ4n) is 11.8. The van der Waals surface area contributed by atoms with Crippen molar-refractivity contribution < 1.29 is 0 Å². The second-order valence-corrected chi connectivity index (χ2v) is 19.6. The molecule has 15 rings (SSSR count). The van der Waals surface area contributed by atoms with E-state index in [2.05, 4.69) is 313 Å². The van der Waals surface area contributed by atoms with E-state index in [1.54, 1.807) is 0 Å². The van der Waals surface area contributed by atoms with Gasteiger partial charge in [0.15, 0.2) is 0 Å². The standard InChI is InChI=1S/C40H28N2.C34H22/c1-5-13-31(14-6-1)41(32-15-7-2-8-16-32)37-27-23-29-22-26-36-38(28-24-30-21-25-35(37)39(29)40(30)36)42(33-17-9-3-10-18-33)34-19-11-4-12-20-34;1-3-11-25-21-27(19-17-23(25)9-1)33-29-13-5-7-15-31(29)34(32-16-8-6-14-30(32)33)28-20-18-24-10-2-4-12-26(24)22-28/h1-28H;1-22H. The number of anilines is 6. The maximum absolute atomic E-state index is 2.37. The number of hydrogen-bond donors (Lipinski definition) is 0. The monoisotopic (exact) mass is 966 g/mol. The highest BCUT2D eigenvalue weighted by Gasteiger charge is 2.22. The highest BCUT2D eigenvalue weighted by Crippen LogP contribution is 2.48. The van der Waals surface area contributed by atoms with Crippen molar-refractivity contribution in [1.82, 2.24) is 0 Å². The number of nitrogens with zero attached hydrogens (tertiary/aromatic N) is 2. The predicted octanol–water partition coefficient (Wildman–Crippen LogP) is 21.2. The second-order valence-electron chi connectivity index (χ2n) is 19.6. The molecular formula is C74H50N2. The van der Waals surface area contributed by atoms with E-state index in [-0.39, 0.29) is 0 Å². The van der Waals surface area contributed by atoms with Gasteiger partial charge in [0.05, 0.1) is 11.4 Å². The van der Waals surface area contributed by atoms with Gasteiger partial charge in [0.1, 0.15) is 0 Å². The topological polar surface area (TPSA) is 6.48 Å². The number of benzene rings is 15. The van der Waals surface area contributed by atoms with Gasteiger partial charge in [0.2, 0.25) is 0 Å². The summed E-state index contributed by atoms with van der Waals surface area (Å²) in [5.74, 6) is 0. The summed E-state index contributed by atoms with van der Waals surface area (Å²) < 4.78 is 0. The van der Waals surface area contributed by atoms with E-state index < -0.39 is 0 Å². The summed E-state index contributed by atoms with van der Waals surface area (Å²) >= 11 is 0. The van der Waals surface area contributed by atoms with E-state index >= 15 is 0 Å². The Hall–Kier alpha value is -10.0. The highest BCUT2D eigenvalue weighted by molar-refractivity contribution is 6.28. The predicted molar refractivity (Wildman–Crippen MR) is 327 cm³/mol. The summed E-state index contributed by atoms with van der Waals surface area (Å²) in [6.07, 6.45) is 0. The van der Waals surface area contributed by atoms with E-state index in [0.29, 0.717) is 0 Å². The molecule has 0 saturated heterocycles. The summed E-state index contributed by atoms with van der Waals surface area (Å²) in [5, 5.41) is 17.8. The molecule has 356 valence electrons. The van der Waals surface area contributed by atoms with E-state index in [0.717, 1.165) is 22.7 Å². The lowest BCUT2D eigenvalue weighted by molar-refractivity contribution is 1.30. The van der Waals surface area contributed by atoms with Crippen molar-refractivity contribution in [1.29, 1.82) is 0 Å². The van der Waals surface area contributed by atoms with Crippen LogP contribution in [-0.4, -0.2) is 0 Å². The molecule has 2 heteroatoms. The summed E-state index contributed by atoms with van der Waals surface area (Å²) in [5.41, 5.74) is 12.0. The van der Waals surface area contributed by atoms with Crippen LogP contribution in [0.2, 0.25) is 0 Å². The Morgan fingerprint density at radius 1 is 0.184 bits per heavy atom. The zero-order valence-electron chi connectivity index (χ0n) is 41.8. The highest BCUT2D eigenvalue weighted by atomic mass is 15.1. The summed E-state index contributed by atoms with van der Waals surface area (Å²) in [6.45, 7) is 0. The van der Waals surface area contributed by atoms with Crippen LogP contribution in [-0.2, 0) is 0 Å². The van der Waals surface area contributed by atoms with E-state index in [1.807, 2.05) is 0 Å². The van der Waals surface area contributed by atoms with Crippen molar-refractivity contribution in [3.05, 3.63) is 303 Å². The molecular weight excluding hydrogens is 917 g/mol. The molecule has 0 heterocycles. The molecule has 0 aliphatic carbocycles. The average Bonchev–Trinajstić information content (AvgIpc) is 3.60. The van der Waals surface area contributed by atoms with Crippen LogP contribution in [0.15, 0.2) is 303 Å². The van der Waals surface area contributed by atoms with Gasteiger partial charge in [0.25, 0.3) is 0 Å². The van der Waals surface area contributed by atoms with Gasteiger partial charge >= 0.3 is 0 Å². The summed E-state index contributed by atoms with van der Waals surface area (Å²) in [6, 6.07) is 109. The minimum absolute atomic E-state index is 1.14. The molecule has 0 aliphatic rings. The van der Waals surface area contributed by atoms with Crippen molar-refractivity contribution in [3.63, 3.8) is 0 Å². The van der Waals surface area contributed by atoms with Crippen LogP contribution in [0.3, 0.4) is 0 Å². The molecule has 0 spiro atoms. The van der Waals surface area contributed by atoms with E-state index in [1.165, 1.54) is 109 Å². The lowest BCUT2D eigenvalue weighted by Crippen LogP contribution is -2.11. The first-order valence-electron chi connectivity index (χ1n) is 26.2. The smallest absolute Gasteiger partial charge is 0.0540 e. The van der Waals surface area contributed by atoms with Crippen molar-refractivity contribution in [2.75, 3.05) is 9.80 Å². The Labute approximate surface area is 442 Å². The normalized spacial score (nSPS) is 11.4. The number of rotatable bonds is 8. The molecule has 0 fully saturated rings. The number of hydrogen-bond acceptors (Lipinski definition) is 2. The Morgan fingerprint density at radius 2 is 0.461 bits per heavy atom. The fourth-order valence-corrected chi connectivity index (χ4v) is 11.8. The van der Waals surface area contributed by atoms with Crippen LogP contribution in [0.1, 0.15) is 0 Å². The van der Waals surface area contributed by atoms with Crippen LogP contribution in [0.25, 0.3) is 97.7 Å². The van der Waals surface area contributed by atoms with Crippen LogP contribution in [0.4, 0.5) is 34.1 Å². The first-order valence-corrected chi connectivity index (χ1v) is 26.2. The molecule has 0 N–H and O–H groups in total. The van der Waals surface area contributed by atoms with Gasteiger partial charge in [-0.05, 0) is 160 Å². The van der Waals surface area contributed by atoms with Gasteiger partial charge < -0.3 is 9.80 Å². The Kier molecular flexibility index (Phi) is 11.2. The number of para-hydroxylation sites is 4. The van der Waals surface area contributed by atoms with Crippen LogP contribution >= 0.6 is 0 Å². The van der Waals surface area contributed by atoms with Crippen molar-refractivity contribution in [2.24, 2.45) is 0 Å². The van der Waals surface area contributed by atoms with Crippen LogP contribution in [0.5, 0.6) is 0 Å². The molecule has 0 unspecified atom stereocenters. The van der Waals surface area contributed by atoms with Gasteiger partial charge in [-0.2, -0.15) is 0 Å². The molecule has 0 bridgehead atoms. The van der Waals surface area contributed by atoms with Crippen LogP contribution < -0.4 is 9.80 Å². The largest absolute Gasteiger partial charge is 0.310 e. The molecule has 0 atom stereocenters. The van der Waals surface area contributed by atoms with Gasteiger partial charge in [-0.1, -0.05) is 231 Å². The van der Waals surface area contributed by atoms with Gasteiger partial charge in [-0.25, -0.2) is 0 Å². The quantitative estimate of drug-likeness (QED) is 0.111. The van der Waals surface area contributed by atoms with Crippen LogP contribution in [0, 0.1) is 0 Å². The maximum Gasteiger partial charge on any atom is 0.0540 e. The maximum atomic E-state index is 2.37. The molecule has 15 aromatic rings. The Balaban J connectivity index is 0.000000142. The third-order valence-electron chi connectivity index (χ3n) is 15.2.